The second kappa shape index (κ2) is 6.58. The molecule has 0 aliphatic rings. The van der Waals surface area contributed by atoms with Gasteiger partial charge >= 0.3 is 0 Å². The van der Waals surface area contributed by atoms with Gasteiger partial charge in [-0.1, -0.05) is 42.0 Å². The summed E-state index contributed by atoms with van der Waals surface area (Å²) in [7, 11) is 1.71. The summed E-state index contributed by atoms with van der Waals surface area (Å²) in [6.45, 7) is 4.23. The van der Waals surface area contributed by atoms with Gasteiger partial charge in [0.25, 0.3) is 0 Å². The summed E-state index contributed by atoms with van der Waals surface area (Å²) in [5.74, 6) is 0.945. The van der Waals surface area contributed by atoms with Crippen molar-refractivity contribution in [2.24, 2.45) is 5.73 Å². The van der Waals surface area contributed by atoms with Crippen LogP contribution in [-0.4, -0.2) is 7.11 Å². The predicted molar refractivity (Wildman–Crippen MR) is 84.2 cm³/mol. The van der Waals surface area contributed by atoms with Gasteiger partial charge < -0.3 is 10.5 Å². The fourth-order valence-electron chi connectivity index (χ4n) is 2.54. The molecule has 0 aliphatic heterocycles. The van der Waals surface area contributed by atoms with Crippen LogP contribution in [0, 0.1) is 13.8 Å². The predicted octanol–water partition coefficient (Wildman–Crippen LogP) is 3.94. The molecular formula is C18H23NO. The van der Waals surface area contributed by atoms with Crippen LogP contribution in [-0.2, 0) is 6.42 Å². The number of benzene rings is 2. The highest BCUT2D eigenvalue weighted by molar-refractivity contribution is 5.35. The van der Waals surface area contributed by atoms with Crippen LogP contribution in [0.1, 0.15) is 34.7 Å². The van der Waals surface area contributed by atoms with Gasteiger partial charge in [0.05, 0.1) is 7.11 Å². The zero-order chi connectivity index (χ0) is 14.5. The van der Waals surface area contributed by atoms with Gasteiger partial charge in [-0.25, -0.2) is 0 Å². The van der Waals surface area contributed by atoms with Gasteiger partial charge in [-0.15, -0.1) is 0 Å². The Morgan fingerprint density at radius 2 is 1.85 bits per heavy atom. The first-order valence-electron chi connectivity index (χ1n) is 7.06. The molecule has 0 spiro atoms. The summed E-state index contributed by atoms with van der Waals surface area (Å²) >= 11 is 0. The highest BCUT2D eigenvalue weighted by Crippen LogP contribution is 2.24. The van der Waals surface area contributed by atoms with Crippen molar-refractivity contribution in [3.63, 3.8) is 0 Å². The van der Waals surface area contributed by atoms with E-state index in [0.29, 0.717) is 0 Å². The molecule has 0 aliphatic carbocycles. The van der Waals surface area contributed by atoms with E-state index < -0.39 is 0 Å². The van der Waals surface area contributed by atoms with E-state index in [1.807, 2.05) is 18.2 Å². The topological polar surface area (TPSA) is 35.2 Å². The largest absolute Gasteiger partial charge is 0.496 e. The third kappa shape index (κ3) is 3.40. The van der Waals surface area contributed by atoms with Crippen molar-refractivity contribution in [2.45, 2.75) is 32.7 Å². The summed E-state index contributed by atoms with van der Waals surface area (Å²) in [6.07, 6.45) is 1.85. The molecular weight excluding hydrogens is 246 g/mol. The van der Waals surface area contributed by atoms with Crippen LogP contribution in [0.3, 0.4) is 0 Å². The molecule has 0 heterocycles. The maximum Gasteiger partial charge on any atom is 0.122 e. The van der Waals surface area contributed by atoms with Crippen LogP contribution in [0.2, 0.25) is 0 Å². The summed E-state index contributed by atoms with van der Waals surface area (Å²) in [6, 6.07) is 14.7. The molecule has 0 radical (unpaired) electrons. The molecule has 1 atom stereocenters. The molecule has 0 saturated heterocycles. The van der Waals surface area contributed by atoms with Crippen molar-refractivity contribution in [2.75, 3.05) is 7.11 Å². The van der Waals surface area contributed by atoms with Crippen LogP contribution < -0.4 is 10.5 Å². The van der Waals surface area contributed by atoms with Crippen LogP contribution in [0.5, 0.6) is 5.75 Å². The Labute approximate surface area is 121 Å². The summed E-state index contributed by atoms with van der Waals surface area (Å²) in [4.78, 5) is 0. The van der Waals surface area contributed by atoms with E-state index in [1.54, 1.807) is 7.11 Å². The van der Waals surface area contributed by atoms with Crippen molar-refractivity contribution in [1.29, 1.82) is 0 Å². The number of aryl methyl sites for hydroxylation is 3. The fourth-order valence-corrected chi connectivity index (χ4v) is 2.54. The maximum atomic E-state index is 6.36. The number of hydrogen-bond donors (Lipinski definition) is 1. The molecule has 2 N–H and O–H groups in total. The lowest BCUT2D eigenvalue weighted by Crippen LogP contribution is -2.13. The van der Waals surface area contributed by atoms with Gasteiger partial charge in [-0.3, -0.25) is 0 Å². The number of nitrogens with two attached hydrogens (primary N) is 1. The van der Waals surface area contributed by atoms with E-state index in [0.717, 1.165) is 18.6 Å². The Balaban J connectivity index is 2.08. The molecule has 106 valence electrons. The normalized spacial score (nSPS) is 12.2. The minimum Gasteiger partial charge on any atom is -0.496 e. The highest BCUT2D eigenvalue weighted by atomic mass is 16.5. The maximum absolute atomic E-state index is 6.36. The van der Waals surface area contributed by atoms with Gasteiger partial charge in [-0.2, -0.15) is 0 Å². The van der Waals surface area contributed by atoms with Gasteiger partial charge in [0.2, 0.25) is 0 Å². The summed E-state index contributed by atoms with van der Waals surface area (Å²) in [5.41, 5.74) is 11.4. The van der Waals surface area contributed by atoms with Gasteiger partial charge in [-0.05, 0) is 49.4 Å². The number of methoxy groups -OCH3 is 1. The lowest BCUT2D eigenvalue weighted by molar-refractivity contribution is 0.408. The Kier molecular flexibility index (Phi) is 4.80. The monoisotopic (exact) mass is 269 g/mol. The van der Waals surface area contributed by atoms with E-state index in [-0.39, 0.29) is 6.04 Å². The molecule has 0 amide bonds. The van der Waals surface area contributed by atoms with E-state index in [2.05, 4.69) is 38.1 Å². The van der Waals surface area contributed by atoms with Crippen molar-refractivity contribution < 1.29 is 4.74 Å². The second-order valence-electron chi connectivity index (χ2n) is 5.32. The zero-order valence-electron chi connectivity index (χ0n) is 12.5. The highest BCUT2D eigenvalue weighted by Gasteiger charge is 2.11. The van der Waals surface area contributed by atoms with E-state index in [1.165, 1.54) is 22.3 Å². The molecule has 2 aromatic rings. The lowest BCUT2D eigenvalue weighted by Gasteiger charge is -2.16. The number of rotatable bonds is 5. The van der Waals surface area contributed by atoms with Gasteiger partial charge in [0, 0.05) is 6.04 Å². The average molecular weight is 269 g/mol. The number of hydrogen-bond acceptors (Lipinski definition) is 2. The Morgan fingerprint density at radius 3 is 2.60 bits per heavy atom. The van der Waals surface area contributed by atoms with Crippen molar-refractivity contribution in [1.82, 2.24) is 0 Å². The molecule has 0 aromatic heterocycles. The van der Waals surface area contributed by atoms with Crippen LogP contribution >= 0.6 is 0 Å². The quantitative estimate of drug-likeness (QED) is 0.892. The van der Waals surface area contributed by atoms with E-state index in [9.17, 15) is 0 Å². The van der Waals surface area contributed by atoms with Crippen molar-refractivity contribution in [3.8, 4) is 5.75 Å². The molecule has 0 fully saturated rings. The first-order chi connectivity index (χ1) is 9.61. The fraction of sp³-hybridized carbons (Fsp3) is 0.333. The Bertz CT molecular complexity index is 577. The summed E-state index contributed by atoms with van der Waals surface area (Å²) < 4.78 is 5.39. The zero-order valence-corrected chi connectivity index (χ0v) is 12.5. The Hall–Kier alpha value is -1.80. The first-order valence-corrected chi connectivity index (χ1v) is 7.06. The second-order valence-corrected chi connectivity index (χ2v) is 5.32. The van der Waals surface area contributed by atoms with E-state index in [4.69, 9.17) is 10.5 Å². The van der Waals surface area contributed by atoms with Crippen LogP contribution in [0.15, 0.2) is 42.5 Å². The Morgan fingerprint density at radius 1 is 1.10 bits per heavy atom. The lowest BCUT2D eigenvalue weighted by atomic mass is 9.94. The minimum atomic E-state index is 0.0693. The van der Waals surface area contributed by atoms with Crippen LogP contribution in [0.4, 0.5) is 0 Å². The molecule has 20 heavy (non-hydrogen) atoms. The molecule has 2 rings (SSSR count). The third-order valence-corrected chi connectivity index (χ3v) is 3.75. The first kappa shape index (κ1) is 14.6. The van der Waals surface area contributed by atoms with Gasteiger partial charge in [0.1, 0.15) is 5.75 Å². The van der Waals surface area contributed by atoms with Gasteiger partial charge in [0.15, 0.2) is 0 Å². The van der Waals surface area contributed by atoms with Crippen molar-refractivity contribution >= 4 is 0 Å². The molecule has 2 nitrogen and oxygen atoms in total. The average Bonchev–Trinajstić information content (AvgIpc) is 2.47. The number of para-hydroxylation sites is 1. The van der Waals surface area contributed by atoms with Crippen molar-refractivity contribution in [3.05, 3.63) is 64.7 Å². The van der Waals surface area contributed by atoms with Crippen LogP contribution in [0.25, 0.3) is 0 Å². The smallest absolute Gasteiger partial charge is 0.122 e. The molecule has 0 bridgehead atoms. The molecule has 2 aromatic carbocycles. The SMILES string of the molecule is COc1ccccc1CCC(N)c1cc(C)ccc1C. The van der Waals surface area contributed by atoms with E-state index >= 15 is 0 Å². The standard InChI is InChI=1S/C18H23NO/c1-13-8-9-14(2)16(12-13)17(19)11-10-15-6-4-5-7-18(15)20-3/h4-9,12,17H,10-11,19H2,1-3H3. The molecule has 0 saturated carbocycles. The summed E-state index contributed by atoms with van der Waals surface area (Å²) in [5, 5.41) is 0. The third-order valence-electron chi connectivity index (χ3n) is 3.75. The number of ether oxygens (including phenoxy) is 1. The minimum absolute atomic E-state index is 0.0693. The molecule has 2 heteroatoms. The molecule has 1 unspecified atom stereocenters.